The van der Waals surface area contributed by atoms with Crippen molar-refractivity contribution in [2.24, 2.45) is 5.73 Å². The summed E-state index contributed by atoms with van der Waals surface area (Å²) in [7, 11) is -1.52. The predicted octanol–water partition coefficient (Wildman–Crippen LogP) is -0.479. The Bertz CT molecular complexity index is 293. The average Bonchev–Trinajstić information content (AvgIpc) is 2.08. The van der Waals surface area contributed by atoms with Crippen molar-refractivity contribution >= 4 is 24.2 Å². The lowest BCUT2D eigenvalue weighted by atomic mass is 9.79. The van der Waals surface area contributed by atoms with E-state index in [0.29, 0.717) is 23.5 Å². The maximum Gasteiger partial charge on any atom is 0.489 e. The van der Waals surface area contributed by atoms with Crippen molar-refractivity contribution in [1.29, 1.82) is 0 Å². The molecular weight excluding hydrogens is 188 g/mol. The summed E-state index contributed by atoms with van der Waals surface area (Å²) in [5, 5.41) is 18.2. The van der Waals surface area contributed by atoms with Crippen LogP contribution < -0.4 is 11.2 Å². The third-order valence-corrected chi connectivity index (χ3v) is 2.12. The maximum absolute atomic E-state index is 8.94. The highest BCUT2D eigenvalue weighted by atomic mass is 35.5. The zero-order valence-electron chi connectivity index (χ0n) is 7.07. The molecule has 0 aliphatic carbocycles. The molecule has 0 saturated carbocycles. The van der Waals surface area contributed by atoms with Crippen LogP contribution in [-0.2, 0) is 6.42 Å². The minimum atomic E-state index is -1.52. The minimum Gasteiger partial charge on any atom is -0.423 e. The molecule has 0 fully saturated rings. The predicted molar refractivity (Wildman–Crippen MR) is 54.0 cm³/mol. The molecule has 0 unspecified atom stereocenters. The van der Waals surface area contributed by atoms with E-state index in [1.165, 1.54) is 0 Å². The molecule has 4 N–H and O–H groups in total. The zero-order chi connectivity index (χ0) is 9.84. The third-order valence-electron chi connectivity index (χ3n) is 1.77. The van der Waals surface area contributed by atoms with E-state index in [0.717, 1.165) is 5.56 Å². The molecule has 0 aromatic heterocycles. The van der Waals surface area contributed by atoms with E-state index in [-0.39, 0.29) is 0 Å². The Labute approximate surface area is 82.3 Å². The quantitative estimate of drug-likeness (QED) is 0.576. The Kier molecular flexibility index (Phi) is 3.75. The van der Waals surface area contributed by atoms with Gasteiger partial charge in [0.1, 0.15) is 0 Å². The van der Waals surface area contributed by atoms with Gasteiger partial charge in [-0.2, -0.15) is 0 Å². The van der Waals surface area contributed by atoms with Crippen molar-refractivity contribution in [3.63, 3.8) is 0 Å². The van der Waals surface area contributed by atoms with Crippen molar-refractivity contribution in [2.75, 3.05) is 6.54 Å². The fraction of sp³-hybridized carbons (Fsp3) is 0.250. The Morgan fingerprint density at radius 1 is 1.38 bits per heavy atom. The van der Waals surface area contributed by atoms with Crippen LogP contribution in [0.4, 0.5) is 0 Å². The maximum atomic E-state index is 8.94. The van der Waals surface area contributed by atoms with Gasteiger partial charge in [0.2, 0.25) is 0 Å². The Balaban J connectivity index is 2.97. The number of nitrogens with two attached hydrogens (primary N) is 1. The van der Waals surface area contributed by atoms with Crippen molar-refractivity contribution in [3.8, 4) is 0 Å². The summed E-state index contributed by atoms with van der Waals surface area (Å²) in [6.45, 7) is 0.530. The highest BCUT2D eigenvalue weighted by molar-refractivity contribution is 6.62. The highest BCUT2D eigenvalue weighted by Gasteiger charge is 2.15. The molecule has 3 nitrogen and oxygen atoms in total. The Morgan fingerprint density at radius 2 is 2.08 bits per heavy atom. The lowest BCUT2D eigenvalue weighted by Gasteiger charge is -2.05. The van der Waals surface area contributed by atoms with Gasteiger partial charge in [-0.25, -0.2) is 0 Å². The monoisotopic (exact) mass is 199 g/mol. The largest absolute Gasteiger partial charge is 0.489 e. The van der Waals surface area contributed by atoms with Gasteiger partial charge in [-0.3, -0.25) is 0 Å². The van der Waals surface area contributed by atoms with Crippen LogP contribution in [0.1, 0.15) is 5.56 Å². The van der Waals surface area contributed by atoms with Crippen molar-refractivity contribution in [3.05, 3.63) is 28.8 Å². The summed E-state index contributed by atoms with van der Waals surface area (Å²) in [4.78, 5) is 0. The number of hydrogen-bond acceptors (Lipinski definition) is 3. The third kappa shape index (κ3) is 2.71. The van der Waals surface area contributed by atoms with Gasteiger partial charge in [0.15, 0.2) is 0 Å². The first-order valence-corrected chi connectivity index (χ1v) is 4.37. The molecule has 70 valence electrons. The van der Waals surface area contributed by atoms with Crippen LogP contribution in [-0.4, -0.2) is 23.7 Å². The molecule has 0 bridgehead atoms. The number of halogens is 1. The molecule has 0 radical (unpaired) electrons. The number of hydrogen-bond donors (Lipinski definition) is 3. The van der Waals surface area contributed by atoms with E-state index in [1.54, 1.807) is 12.1 Å². The summed E-state index contributed by atoms with van der Waals surface area (Å²) >= 11 is 5.74. The summed E-state index contributed by atoms with van der Waals surface area (Å²) in [5.41, 5.74) is 6.65. The lowest BCUT2D eigenvalue weighted by Crippen LogP contribution is -2.31. The van der Waals surface area contributed by atoms with Crippen LogP contribution in [0.5, 0.6) is 0 Å². The molecule has 0 aliphatic heterocycles. The molecule has 0 atom stereocenters. The highest BCUT2D eigenvalue weighted by Crippen LogP contribution is 2.08. The van der Waals surface area contributed by atoms with E-state index in [4.69, 9.17) is 27.4 Å². The summed E-state index contributed by atoms with van der Waals surface area (Å²) in [6.07, 6.45) is 0.705. The van der Waals surface area contributed by atoms with Crippen LogP contribution in [0, 0.1) is 0 Å². The average molecular weight is 199 g/mol. The molecule has 1 aromatic carbocycles. The van der Waals surface area contributed by atoms with Gasteiger partial charge in [-0.15, -0.1) is 0 Å². The van der Waals surface area contributed by atoms with E-state index < -0.39 is 7.12 Å². The van der Waals surface area contributed by atoms with Gasteiger partial charge < -0.3 is 15.8 Å². The standard InChI is InChI=1S/C8H11BClNO2/c10-8-2-1-6(3-4-11)5-7(8)9(12)13/h1-2,5,12-13H,3-4,11H2. The van der Waals surface area contributed by atoms with Crippen LogP contribution in [0.2, 0.25) is 5.02 Å². The van der Waals surface area contributed by atoms with Gasteiger partial charge in [0, 0.05) is 10.5 Å². The van der Waals surface area contributed by atoms with Crippen molar-refractivity contribution in [2.45, 2.75) is 6.42 Å². The van der Waals surface area contributed by atoms with E-state index in [2.05, 4.69) is 0 Å². The Hall–Kier alpha value is -0.545. The molecule has 1 aromatic rings. The van der Waals surface area contributed by atoms with E-state index >= 15 is 0 Å². The molecule has 0 spiro atoms. The lowest BCUT2D eigenvalue weighted by molar-refractivity contribution is 0.426. The molecule has 1 rings (SSSR count). The Morgan fingerprint density at radius 3 is 2.62 bits per heavy atom. The van der Waals surface area contributed by atoms with Crippen LogP contribution in [0.25, 0.3) is 0 Å². The first kappa shape index (κ1) is 10.5. The molecule has 0 amide bonds. The second kappa shape index (κ2) is 4.62. The summed E-state index contributed by atoms with van der Waals surface area (Å²) in [6, 6.07) is 5.11. The van der Waals surface area contributed by atoms with E-state index in [1.807, 2.05) is 6.07 Å². The first-order chi connectivity index (χ1) is 6.15. The number of benzene rings is 1. The number of rotatable bonds is 3. The van der Waals surface area contributed by atoms with Gasteiger partial charge >= 0.3 is 7.12 Å². The molecule has 0 heterocycles. The molecule has 0 saturated heterocycles. The van der Waals surface area contributed by atoms with Gasteiger partial charge in [0.05, 0.1) is 0 Å². The van der Waals surface area contributed by atoms with Crippen LogP contribution >= 0.6 is 11.6 Å². The topological polar surface area (TPSA) is 66.5 Å². The molecule has 5 heteroatoms. The first-order valence-electron chi connectivity index (χ1n) is 3.99. The smallest absolute Gasteiger partial charge is 0.423 e. The second-order valence-corrected chi connectivity index (χ2v) is 3.18. The SMILES string of the molecule is NCCc1ccc(Cl)c(B(O)O)c1. The van der Waals surface area contributed by atoms with Crippen molar-refractivity contribution < 1.29 is 10.0 Å². The fourth-order valence-electron chi connectivity index (χ4n) is 1.11. The molecular formula is C8H11BClNO2. The molecule has 13 heavy (non-hydrogen) atoms. The van der Waals surface area contributed by atoms with Crippen LogP contribution in [0.3, 0.4) is 0 Å². The normalized spacial score (nSPS) is 10.2. The van der Waals surface area contributed by atoms with Gasteiger partial charge in [0.25, 0.3) is 0 Å². The van der Waals surface area contributed by atoms with Gasteiger partial charge in [-0.05, 0) is 24.6 Å². The minimum absolute atomic E-state index is 0.326. The van der Waals surface area contributed by atoms with E-state index in [9.17, 15) is 0 Å². The van der Waals surface area contributed by atoms with Crippen LogP contribution in [0.15, 0.2) is 18.2 Å². The second-order valence-electron chi connectivity index (χ2n) is 2.77. The summed E-state index contributed by atoms with van der Waals surface area (Å²) < 4.78 is 0. The molecule has 0 aliphatic rings. The zero-order valence-corrected chi connectivity index (χ0v) is 7.83. The van der Waals surface area contributed by atoms with Gasteiger partial charge in [-0.1, -0.05) is 23.7 Å². The van der Waals surface area contributed by atoms with Crippen molar-refractivity contribution in [1.82, 2.24) is 0 Å². The summed E-state index contributed by atoms with van der Waals surface area (Å²) in [5.74, 6) is 0. The fourth-order valence-corrected chi connectivity index (χ4v) is 1.33.